The van der Waals surface area contributed by atoms with Gasteiger partial charge in [0.05, 0.1) is 33.6 Å². The van der Waals surface area contributed by atoms with Gasteiger partial charge in [0.2, 0.25) is 0 Å². The Morgan fingerprint density at radius 2 is 2.17 bits per heavy atom. The van der Waals surface area contributed by atoms with Gasteiger partial charge in [0.25, 0.3) is 0 Å². The first-order valence-corrected chi connectivity index (χ1v) is 7.19. The van der Waals surface area contributed by atoms with Crippen molar-refractivity contribution in [3.63, 3.8) is 0 Å². The maximum Gasteiger partial charge on any atom is 0.143 e. The standard InChI is InChI=1S/C12H15BrN4S/c1-7-10(14)4-15-12(11(7)13)17(3)5-9-6-18-8(2)16-9/h4,6H,5,14H2,1-3H3. The van der Waals surface area contributed by atoms with Crippen molar-refractivity contribution in [2.24, 2.45) is 0 Å². The summed E-state index contributed by atoms with van der Waals surface area (Å²) in [7, 11) is 2.00. The number of nitrogens with zero attached hydrogens (tertiary/aromatic N) is 3. The van der Waals surface area contributed by atoms with Crippen LogP contribution in [0.2, 0.25) is 0 Å². The molecule has 2 aromatic rings. The average molecular weight is 327 g/mol. The van der Waals surface area contributed by atoms with E-state index in [9.17, 15) is 0 Å². The Labute approximate surface area is 119 Å². The minimum atomic E-state index is 0.698. The van der Waals surface area contributed by atoms with Crippen LogP contribution in [0.3, 0.4) is 0 Å². The second kappa shape index (κ2) is 5.24. The van der Waals surface area contributed by atoms with E-state index in [1.165, 1.54) is 0 Å². The molecule has 18 heavy (non-hydrogen) atoms. The zero-order valence-corrected chi connectivity index (χ0v) is 13.0. The van der Waals surface area contributed by atoms with Crippen LogP contribution in [0.4, 0.5) is 11.5 Å². The predicted molar refractivity (Wildman–Crippen MR) is 80.0 cm³/mol. The maximum absolute atomic E-state index is 5.82. The topological polar surface area (TPSA) is 55.0 Å². The summed E-state index contributed by atoms with van der Waals surface area (Å²) in [5, 5.41) is 3.16. The molecule has 4 nitrogen and oxygen atoms in total. The van der Waals surface area contributed by atoms with Gasteiger partial charge in [-0.3, -0.25) is 0 Å². The molecule has 0 fully saturated rings. The molecule has 0 aliphatic heterocycles. The first-order valence-electron chi connectivity index (χ1n) is 5.51. The van der Waals surface area contributed by atoms with Crippen molar-refractivity contribution >= 4 is 38.8 Å². The molecule has 0 aliphatic carbocycles. The van der Waals surface area contributed by atoms with Crippen LogP contribution in [0.1, 0.15) is 16.3 Å². The van der Waals surface area contributed by atoms with E-state index in [1.54, 1.807) is 17.5 Å². The third-order valence-electron chi connectivity index (χ3n) is 2.71. The Balaban J connectivity index is 2.24. The number of thiazole rings is 1. The summed E-state index contributed by atoms with van der Waals surface area (Å²) in [4.78, 5) is 10.9. The van der Waals surface area contributed by atoms with Crippen LogP contribution >= 0.6 is 27.3 Å². The molecule has 0 saturated heterocycles. The summed E-state index contributed by atoms with van der Waals surface area (Å²) >= 11 is 5.21. The third kappa shape index (κ3) is 2.64. The monoisotopic (exact) mass is 326 g/mol. The fourth-order valence-corrected chi connectivity index (χ4v) is 2.88. The molecule has 0 atom stereocenters. The van der Waals surface area contributed by atoms with Crippen molar-refractivity contribution in [1.82, 2.24) is 9.97 Å². The van der Waals surface area contributed by atoms with Gasteiger partial charge in [-0.25, -0.2) is 9.97 Å². The Hall–Kier alpha value is -1.14. The van der Waals surface area contributed by atoms with E-state index in [4.69, 9.17) is 5.73 Å². The number of halogens is 1. The molecule has 2 aromatic heterocycles. The molecular weight excluding hydrogens is 312 g/mol. The highest BCUT2D eigenvalue weighted by molar-refractivity contribution is 9.10. The number of hydrogen-bond acceptors (Lipinski definition) is 5. The predicted octanol–water partition coefficient (Wildman–Crippen LogP) is 3.14. The van der Waals surface area contributed by atoms with Gasteiger partial charge in [-0.1, -0.05) is 0 Å². The summed E-state index contributed by atoms with van der Waals surface area (Å²) in [6.45, 7) is 4.72. The van der Waals surface area contributed by atoms with Crippen molar-refractivity contribution in [2.75, 3.05) is 17.7 Å². The van der Waals surface area contributed by atoms with Crippen LogP contribution in [0, 0.1) is 13.8 Å². The molecule has 0 spiro atoms. The second-order valence-corrected chi connectivity index (χ2v) is 6.05. The molecule has 0 aliphatic rings. The molecule has 0 saturated carbocycles. The van der Waals surface area contributed by atoms with E-state index in [0.29, 0.717) is 5.69 Å². The summed E-state index contributed by atoms with van der Waals surface area (Å²) < 4.78 is 0.942. The summed E-state index contributed by atoms with van der Waals surface area (Å²) in [5.41, 5.74) is 8.60. The number of rotatable bonds is 3. The van der Waals surface area contributed by atoms with E-state index >= 15 is 0 Å². The number of hydrogen-bond donors (Lipinski definition) is 1. The molecule has 0 bridgehead atoms. The van der Waals surface area contributed by atoms with Crippen molar-refractivity contribution < 1.29 is 0 Å². The number of nitrogen functional groups attached to an aromatic ring is 1. The highest BCUT2D eigenvalue weighted by Crippen LogP contribution is 2.30. The molecule has 2 rings (SSSR count). The Bertz CT molecular complexity index is 567. The van der Waals surface area contributed by atoms with Crippen LogP contribution in [0.25, 0.3) is 0 Å². The van der Waals surface area contributed by atoms with E-state index in [-0.39, 0.29) is 0 Å². The minimum Gasteiger partial charge on any atom is -0.397 e. The van der Waals surface area contributed by atoms with Gasteiger partial charge in [-0.15, -0.1) is 11.3 Å². The van der Waals surface area contributed by atoms with Gasteiger partial charge in [-0.05, 0) is 35.3 Å². The van der Waals surface area contributed by atoms with Gasteiger partial charge in [0, 0.05) is 12.4 Å². The lowest BCUT2D eigenvalue weighted by Gasteiger charge is -2.19. The van der Waals surface area contributed by atoms with Gasteiger partial charge < -0.3 is 10.6 Å². The van der Waals surface area contributed by atoms with E-state index in [2.05, 4.69) is 36.2 Å². The van der Waals surface area contributed by atoms with Crippen molar-refractivity contribution in [3.05, 3.63) is 32.3 Å². The normalized spacial score (nSPS) is 10.7. The molecule has 2 heterocycles. The number of pyridine rings is 1. The molecular formula is C12H15BrN4S. The highest BCUT2D eigenvalue weighted by atomic mass is 79.9. The Morgan fingerprint density at radius 3 is 2.78 bits per heavy atom. The quantitative estimate of drug-likeness (QED) is 0.941. The SMILES string of the molecule is Cc1nc(CN(C)c2ncc(N)c(C)c2Br)cs1. The van der Waals surface area contributed by atoms with Gasteiger partial charge >= 0.3 is 0 Å². The number of aryl methyl sites for hydroxylation is 1. The fraction of sp³-hybridized carbons (Fsp3) is 0.333. The molecule has 0 aromatic carbocycles. The third-order valence-corrected chi connectivity index (χ3v) is 4.48. The molecule has 6 heteroatoms. The first-order chi connectivity index (χ1) is 8.49. The smallest absolute Gasteiger partial charge is 0.143 e. The van der Waals surface area contributed by atoms with Gasteiger partial charge in [0.1, 0.15) is 5.82 Å². The van der Waals surface area contributed by atoms with Crippen LogP contribution in [-0.4, -0.2) is 17.0 Å². The van der Waals surface area contributed by atoms with E-state index < -0.39 is 0 Å². The molecule has 0 amide bonds. The van der Waals surface area contributed by atoms with Crippen LogP contribution in [-0.2, 0) is 6.54 Å². The van der Waals surface area contributed by atoms with Crippen molar-refractivity contribution in [2.45, 2.75) is 20.4 Å². The lowest BCUT2D eigenvalue weighted by Crippen LogP contribution is -2.19. The lowest BCUT2D eigenvalue weighted by molar-refractivity contribution is 0.866. The number of anilines is 2. The van der Waals surface area contributed by atoms with E-state index in [1.807, 2.05) is 20.9 Å². The van der Waals surface area contributed by atoms with Gasteiger partial charge in [-0.2, -0.15) is 0 Å². The number of aromatic nitrogens is 2. The lowest BCUT2D eigenvalue weighted by atomic mass is 10.2. The Kier molecular flexibility index (Phi) is 3.87. The van der Waals surface area contributed by atoms with Crippen LogP contribution in [0.15, 0.2) is 16.0 Å². The minimum absolute atomic E-state index is 0.698. The molecule has 0 radical (unpaired) electrons. The van der Waals surface area contributed by atoms with Crippen LogP contribution < -0.4 is 10.6 Å². The summed E-state index contributed by atoms with van der Waals surface area (Å²) in [5.74, 6) is 0.882. The zero-order chi connectivity index (χ0) is 13.3. The maximum atomic E-state index is 5.82. The molecule has 2 N–H and O–H groups in total. The van der Waals surface area contributed by atoms with Crippen molar-refractivity contribution in [1.29, 1.82) is 0 Å². The summed E-state index contributed by atoms with van der Waals surface area (Å²) in [6.07, 6.45) is 1.69. The molecule has 0 unspecified atom stereocenters. The largest absolute Gasteiger partial charge is 0.397 e. The Morgan fingerprint density at radius 1 is 1.44 bits per heavy atom. The van der Waals surface area contributed by atoms with Gasteiger partial charge in [0.15, 0.2) is 0 Å². The number of nitrogens with two attached hydrogens (primary N) is 1. The van der Waals surface area contributed by atoms with Crippen LogP contribution in [0.5, 0.6) is 0 Å². The average Bonchev–Trinajstić information content (AvgIpc) is 2.71. The summed E-state index contributed by atoms with van der Waals surface area (Å²) in [6, 6.07) is 0. The zero-order valence-electron chi connectivity index (χ0n) is 10.6. The highest BCUT2D eigenvalue weighted by Gasteiger charge is 2.12. The first kappa shape index (κ1) is 13.3. The van der Waals surface area contributed by atoms with E-state index in [0.717, 1.165) is 33.1 Å². The second-order valence-electron chi connectivity index (χ2n) is 4.19. The fourth-order valence-electron chi connectivity index (χ4n) is 1.64. The van der Waals surface area contributed by atoms with Crippen molar-refractivity contribution in [3.8, 4) is 0 Å². The molecule has 96 valence electrons.